The first kappa shape index (κ1) is 19.3. The molecule has 0 spiro atoms. The number of aryl methyl sites for hydroxylation is 1. The molecule has 4 aromatic rings. The maximum absolute atomic E-state index is 12.2. The predicted molar refractivity (Wildman–Crippen MR) is 120 cm³/mol. The van der Waals surface area contributed by atoms with E-state index in [2.05, 4.69) is 49.4 Å². The van der Waals surface area contributed by atoms with Crippen molar-refractivity contribution in [2.75, 3.05) is 22.9 Å². The fourth-order valence-corrected chi connectivity index (χ4v) is 5.72. The van der Waals surface area contributed by atoms with E-state index in [4.69, 9.17) is 0 Å². The Morgan fingerprint density at radius 3 is 2.96 bits per heavy atom. The number of amides is 1. The molecule has 0 fully saturated rings. The van der Waals surface area contributed by atoms with E-state index in [9.17, 15) is 4.79 Å². The van der Waals surface area contributed by atoms with Crippen LogP contribution in [0.2, 0.25) is 0 Å². The molecule has 0 atom stereocenters. The van der Waals surface area contributed by atoms with Crippen LogP contribution in [0.25, 0.3) is 10.2 Å². The summed E-state index contributed by atoms with van der Waals surface area (Å²) in [6.45, 7) is 2.86. The van der Waals surface area contributed by atoms with Gasteiger partial charge in [-0.05, 0) is 42.5 Å². The zero-order valence-electron chi connectivity index (χ0n) is 15.0. The first-order chi connectivity index (χ1) is 13.7. The minimum Gasteiger partial charge on any atom is -0.360 e. The largest absolute Gasteiger partial charge is 0.360 e. The van der Waals surface area contributed by atoms with E-state index in [-0.39, 0.29) is 11.7 Å². The van der Waals surface area contributed by atoms with Crippen LogP contribution in [0, 0.1) is 6.92 Å². The van der Waals surface area contributed by atoms with Crippen molar-refractivity contribution in [2.24, 2.45) is 0 Å². The number of thioether (sulfide) groups is 1. The topological polar surface area (TPSA) is 79.8 Å². The van der Waals surface area contributed by atoms with E-state index < -0.39 is 0 Å². The molecule has 0 radical (unpaired) electrons. The third-order valence-electron chi connectivity index (χ3n) is 3.75. The van der Waals surface area contributed by atoms with Gasteiger partial charge in [0, 0.05) is 11.4 Å². The zero-order chi connectivity index (χ0) is 19.3. The molecule has 0 bridgehead atoms. The summed E-state index contributed by atoms with van der Waals surface area (Å²) >= 11 is 6.08. The van der Waals surface area contributed by atoms with Crippen molar-refractivity contribution in [1.29, 1.82) is 0 Å². The number of thiophene rings is 1. The summed E-state index contributed by atoms with van der Waals surface area (Å²) < 4.78 is 1.85. The summed E-state index contributed by atoms with van der Waals surface area (Å²) in [6, 6.07) is 10.2. The maximum atomic E-state index is 12.2. The highest BCUT2D eigenvalue weighted by atomic mass is 32.2. The Hall–Kier alpha value is -2.01. The highest BCUT2D eigenvalue weighted by Crippen LogP contribution is 2.28. The Morgan fingerprint density at radius 1 is 1.18 bits per heavy atom. The van der Waals surface area contributed by atoms with Crippen LogP contribution in [0.3, 0.4) is 0 Å². The van der Waals surface area contributed by atoms with Gasteiger partial charge in [0.15, 0.2) is 9.47 Å². The first-order valence-electron chi connectivity index (χ1n) is 8.55. The van der Waals surface area contributed by atoms with Crippen LogP contribution in [0.5, 0.6) is 0 Å². The van der Waals surface area contributed by atoms with Crippen molar-refractivity contribution < 1.29 is 4.79 Å². The molecule has 3 heterocycles. The lowest BCUT2D eigenvalue weighted by atomic mass is 10.2. The van der Waals surface area contributed by atoms with Crippen LogP contribution in [-0.4, -0.2) is 33.4 Å². The average molecular weight is 448 g/mol. The number of nitrogens with zero attached hydrogens (tertiary/aromatic N) is 3. The fraction of sp³-hybridized carbons (Fsp3) is 0.222. The number of carbonyl (C=O) groups excluding carboxylic acids is 1. The van der Waals surface area contributed by atoms with Crippen LogP contribution >= 0.6 is 45.8 Å². The van der Waals surface area contributed by atoms with Gasteiger partial charge >= 0.3 is 0 Å². The van der Waals surface area contributed by atoms with Crippen LogP contribution in [0.15, 0.2) is 40.1 Å². The van der Waals surface area contributed by atoms with Gasteiger partial charge in [-0.25, -0.2) is 4.98 Å². The Kier molecular flexibility index (Phi) is 6.20. The molecule has 6 nitrogen and oxygen atoms in total. The van der Waals surface area contributed by atoms with E-state index in [0.29, 0.717) is 5.13 Å². The Labute approximate surface area is 178 Å². The molecule has 3 aromatic heterocycles. The van der Waals surface area contributed by atoms with E-state index in [1.165, 1.54) is 44.9 Å². The van der Waals surface area contributed by atoms with Gasteiger partial charge in [0.1, 0.15) is 0 Å². The summed E-state index contributed by atoms with van der Waals surface area (Å²) in [4.78, 5) is 18.0. The predicted octanol–water partition coefficient (Wildman–Crippen LogP) is 4.90. The number of carbonyl (C=O) groups is 1. The van der Waals surface area contributed by atoms with Gasteiger partial charge in [-0.15, -0.1) is 21.5 Å². The van der Waals surface area contributed by atoms with Crippen LogP contribution in [0.4, 0.5) is 10.3 Å². The molecule has 1 aromatic carbocycles. The van der Waals surface area contributed by atoms with Crippen molar-refractivity contribution in [3.05, 3.63) is 46.2 Å². The summed E-state index contributed by atoms with van der Waals surface area (Å²) in [5.41, 5.74) is 2.08. The first-order valence-corrected chi connectivity index (χ1v) is 12.0. The van der Waals surface area contributed by atoms with Crippen LogP contribution in [-0.2, 0) is 11.2 Å². The lowest BCUT2D eigenvalue weighted by Gasteiger charge is -1.99. The van der Waals surface area contributed by atoms with Crippen molar-refractivity contribution in [3.8, 4) is 0 Å². The Bertz CT molecular complexity index is 1070. The molecular weight excluding hydrogens is 431 g/mol. The number of hydrogen-bond acceptors (Lipinski definition) is 9. The number of aromatic nitrogens is 3. The van der Waals surface area contributed by atoms with Gasteiger partial charge in [-0.1, -0.05) is 46.6 Å². The van der Waals surface area contributed by atoms with Gasteiger partial charge in [0.05, 0.1) is 16.0 Å². The highest BCUT2D eigenvalue weighted by Gasteiger charge is 2.11. The molecule has 1 amide bonds. The fourth-order valence-electron chi connectivity index (χ4n) is 2.45. The summed E-state index contributed by atoms with van der Waals surface area (Å²) in [5.74, 6) is 0.182. The normalized spacial score (nSPS) is 11.0. The van der Waals surface area contributed by atoms with E-state index in [1.54, 1.807) is 11.3 Å². The Balaban J connectivity index is 1.24. The number of rotatable bonds is 8. The van der Waals surface area contributed by atoms with Gasteiger partial charge in [-0.2, -0.15) is 0 Å². The van der Waals surface area contributed by atoms with Crippen LogP contribution < -0.4 is 10.6 Å². The Morgan fingerprint density at radius 2 is 2.11 bits per heavy atom. The molecule has 0 unspecified atom stereocenters. The van der Waals surface area contributed by atoms with Gasteiger partial charge in [0.2, 0.25) is 11.0 Å². The van der Waals surface area contributed by atoms with Crippen molar-refractivity contribution in [3.63, 3.8) is 0 Å². The molecule has 0 aliphatic rings. The van der Waals surface area contributed by atoms with Gasteiger partial charge in [0.25, 0.3) is 0 Å². The molecule has 4 rings (SSSR count). The zero-order valence-corrected chi connectivity index (χ0v) is 18.2. The minimum absolute atomic E-state index is 0.0943. The van der Waals surface area contributed by atoms with Crippen molar-refractivity contribution in [1.82, 2.24) is 15.2 Å². The number of anilines is 2. The monoisotopic (exact) mass is 447 g/mol. The number of nitrogens with one attached hydrogen (secondary N) is 2. The molecular formula is C18H17N5OS4. The standard InChI is InChI=1S/C18H17N5OS4/c1-11-4-5-13-14(9-11)27-17(20-13)21-15(24)10-26-18-23-22-16(28-18)19-7-6-12-3-2-8-25-12/h2-5,8-9H,6-7,10H2,1H3,(H,19,22)(H,20,21,24). The van der Waals surface area contributed by atoms with Crippen LogP contribution in [0.1, 0.15) is 10.4 Å². The smallest absolute Gasteiger partial charge is 0.236 e. The lowest BCUT2D eigenvalue weighted by molar-refractivity contribution is -0.113. The summed E-state index contributed by atoms with van der Waals surface area (Å²) in [6.07, 6.45) is 0.962. The third-order valence-corrected chi connectivity index (χ3v) is 7.64. The molecule has 28 heavy (non-hydrogen) atoms. The SMILES string of the molecule is Cc1ccc2nc(NC(=O)CSc3nnc(NCCc4cccs4)s3)sc2c1. The second-order valence-corrected chi connectivity index (χ2v) is 10.2. The average Bonchev–Trinajstić information content (AvgIpc) is 3.40. The number of hydrogen-bond donors (Lipinski definition) is 2. The molecule has 144 valence electrons. The highest BCUT2D eigenvalue weighted by molar-refractivity contribution is 8.01. The minimum atomic E-state index is -0.0943. The lowest BCUT2D eigenvalue weighted by Crippen LogP contribution is -2.13. The number of benzene rings is 1. The summed E-state index contributed by atoms with van der Waals surface area (Å²) in [7, 11) is 0. The van der Waals surface area contributed by atoms with Crippen molar-refractivity contribution in [2.45, 2.75) is 17.7 Å². The molecule has 10 heteroatoms. The van der Waals surface area contributed by atoms with Gasteiger partial charge < -0.3 is 10.6 Å². The quantitative estimate of drug-likeness (QED) is 0.374. The third kappa shape index (κ3) is 5.07. The molecule has 0 aliphatic carbocycles. The maximum Gasteiger partial charge on any atom is 0.236 e. The van der Waals surface area contributed by atoms with E-state index in [1.807, 2.05) is 19.1 Å². The molecule has 0 aliphatic heterocycles. The molecule has 2 N–H and O–H groups in total. The summed E-state index contributed by atoms with van der Waals surface area (Å²) in [5, 5.41) is 17.9. The molecule has 0 saturated heterocycles. The van der Waals surface area contributed by atoms with E-state index >= 15 is 0 Å². The van der Waals surface area contributed by atoms with Gasteiger partial charge in [-0.3, -0.25) is 4.79 Å². The molecule has 0 saturated carbocycles. The second-order valence-electron chi connectivity index (χ2n) is 5.96. The van der Waals surface area contributed by atoms with E-state index in [0.717, 1.165) is 32.7 Å². The number of fused-ring (bicyclic) bond motifs is 1. The van der Waals surface area contributed by atoms with Crippen molar-refractivity contribution >= 4 is 72.2 Å². The number of thiazole rings is 1. The second kappa shape index (κ2) is 8.99.